The molecule has 0 saturated carbocycles. The lowest BCUT2D eigenvalue weighted by atomic mass is 10.1. The van der Waals surface area contributed by atoms with E-state index in [1.165, 1.54) is 23.5 Å². The fourth-order valence-corrected chi connectivity index (χ4v) is 3.92. The molecule has 2 aromatic carbocycles. The van der Waals surface area contributed by atoms with Gasteiger partial charge < -0.3 is 4.74 Å². The number of benzene rings is 2. The first-order valence-corrected chi connectivity index (χ1v) is 10.8. The van der Waals surface area contributed by atoms with Gasteiger partial charge in [0, 0.05) is 22.8 Å². The summed E-state index contributed by atoms with van der Waals surface area (Å²) in [5, 5.41) is 5.00. The van der Waals surface area contributed by atoms with Gasteiger partial charge in [-0.2, -0.15) is 0 Å². The maximum absolute atomic E-state index is 12.4. The van der Waals surface area contributed by atoms with Crippen LogP contribution in [0.3, 0.4) is 0 Å². The van der Waals surface area contributed by atoms with Gasteiger partial charge in [0.25, 0.3) is 5.91 Å². The fraction of sp³-hybridized carbons (Fsp3) is 0.158. The van der Waals surface area contributed by atoms with Crippen molar-refractivity contribution in [1.82, 2.24) is 4.98 Å². The monoisotopic (exact) mass is 402 g/mol. The largest absolute Gasteiger partial charge is 0.496 e. The van der Waals surface area contributed by atoms with Crippen LogP contribution in [0.1, 0.15) is 15.9 Å². The van der Waals surface area contributed by atoms with E-state index >= 15 is 0 Å². The number of carbonyl (C=O) groups is 1. The summed E-state index contributed by atoms with van der Waals surface area (Å²) in [5.74, 6) is 0.389. The second-order valence-electron chi connectivity index (χ2n) is 5.98. The van der Waals surface area contributed by atoms with E-state index in [4.69, 9.17) is 4.74 Å². The molecule has 0 unspecified atom stereocenters. The Morgan fingerprint density at radius 1 is 1.19 bits per heavy atom. The Kier molecular flexibility index (Phi) is 5.29. The lowest BCUT2D eigenvalue weighted by molar-refractivity contribution is 0.102. The van der Waals surface area contributed by atoms with Gasteiger partial charge in [0.05, 0.1) is 17.7 Å². The average Bonchev–Trinajstić information content (AvgIpc) is 3.09. The van der Waals surface area contributed by atoms with Gasteiger partial charge in [-0.25, -0.2) is 13.4 Å². The highest BCUT2D eigenvalue weighted by atomic mass is 32.2. The molecule has 1 amide bonds. The third kappa shape index (κ3) is 4.35. The predicted molar refractivity (Wildman–Crippen MR) is 106 cm³/mol. The number of thiazole rings is 1. The Morgan fingerprint density at radius 3 is 2.63 bits per heavy atom. The number of hydrogen-bond acceptors (Lipinski definition) is 6. The minimum atomic E-state index is -3.38. The van der Waals surface area contributed by atoms with Crippen molar-refractivity contribution < 1.29 is 17.9 Å². The van der Waals surface area contributed by atoms with Crippen molar-refractivity contribution in [3.05, 3.63) is 59.0 Å². The summed E-state index contributed by atoms with van der Waals surface area (Å²) in [7, 11) is -1.75. The van der Waals surface area contributed by atoms with E-state index in [9.17, 15) is 13.2 Å². The Balaban J connectivity index is 1.80. The standard InChI is InChI=1S/C19H18N2O4S2/c1-12-9-13(7-8-17(12)25-2)16-11-26-19(20-16)21-18(22)14-5-4-6-15(10-14)27(3,23)24/h4-11H,1-3H3,(H,20,21,22). The van der Waals surface area contributed by atoms with Crippen molar-refractivity contribution in [3.8, 4) is 17.0 Å². The van der Waals surface area contributed by atoms with Crippen LogP contribution in [0, 0.1) is 6.92 Å². The summed E-state index contributed by atoms with van der Waals surface area (Å²) < 4.78 is 28.6. The van der Waals surface area contributed by atoms with Gasteiger partial charge in [-0.05, 0) is 48.9 Å². The smallest absolute Gasteiger partial charge is 0.257 e. The number of anilines is 1. The molecule has 1 aromatic heterocycles. The van der Waals surface area contributed by atoms with Crippen LogP contribution in [-0.2, 0) is 9.84 Å². The lowest BCUT2D eigenvalue weighted by Gasteiger charge is -2.06. The van der Waals surface area contributed by atoms with Crippen LogP contribution in [0.2, 0.25) is 0 Å². The van der Waals surface area contributed by atoms with Crippen molar-refractivity contribution in [1.29, 1.82) is 0 Å². The molecule has 0 fully saturated rings. The molecular weight excluding hydrogens is 384 g/mol. The number of amides is 1. The van der Waals surface area contributed by atoms with Gasteiger partial charge in [-0.1, -0.05) is 6.07 Å². The second kappa shape index (κ2) is 7.50. The topological polar surface area (TPSA) is 85.4 Å². The SMILES string of the molecule is COc1ccc(-c2csc(NC(=O)c3cccc(S(C)(=O)=O)c3)n2)cc1C. The molecule has 0 atom stereocenters. The number of ether oxygens (including phenoxy) is 1. The second-order valence-corrected chi connectivity index (χ2v) is 8.85. The van der Waals surface area contributed by atoms with Crippen LogP contribution >= 0.6 is 11.3 Å². The average molecular weight is 402 g/mol. The van der Waals surface area contributed by atoms with E-state index in [0.717, 1.165) is 28.8 Å². The molecule has 1 heterocycles. The quantitative estimate of drug-likeness (QED) is 0.702. The first-order valence-electron chi connectivity index (χ1n) is 8.00. The number of nitrogens with one attached hydrogen (secondary N) is 1. The number of carbonyl (C=O) groups excluding carboxylic acids is 1. The van der Waals surface area contributed by atoms with E-state index < -0.39 is 15.7 Å². The maximum atomic E-state index is 12.4. The molecule has 0 saturated heterocycles. The minimum Gasteiger partial charge on any atom is -0.496 e. The summed E-state index contributed by atoms with van der Waals surface area (Å²) in [4.78, 5) is 17.0. The molecule has 3 aromatic rings. The Labute approximate surface area is 161 Å². The van der Waals surface area contributed by atoms with E-state index in [0.29, 0.717) is 5.13 Å². The van der Waals surface area contributed by atoms with Gasteiger partial charge in [-0.15, -0.1) is 11.3 Å². The summed E-state index contributed by atoms with van der Waals surface area (Å²) in [6.45, 7) is 1.95. The van der Waals surface area contributed by atoms with Crippen molar-refractivity contribution in [3.63, 3.8) is 0 Å². The predicted octanol–water partition coefficient (Wildman–Crippen LogP) is 3.78. The summed E-state index contributed by atoms with van der Waals surface area (Å²) >= 11 is 1.30. The zero-order valence-electron chi connectivity index (χ0n) is 15.0. The third-order valence-electron chi connectivity index (χ3n) is 3.94. The highest BCUT2D eigenvalue weighted by molar-refractivity contribution is 7.90. The number of hydrogen-bond donors (Lipinski definition) is 1. The molecule has 0 aliphatic carbocycles. The molecule has 0 aliphatic rings. The minimum absolute atomic E-state index is 0.101. The van der Waals surface area contributed by atoms with Crippen molar-refractivity contribution in [2.75, 3.05) is 18.7 Å². The lowest BCUT2D eigenvalue weighted by Crippen LogP contribution is -2.12. The molecule has 140 valence electrons. The van der Waals surface area contributed by atoms with Crippen molar-refractivity contribution in [2.24, 2.45) is 0 Å². The van der Waals surface area contributed by atoms with E-state index in [-0.39, 0.29) is 10.5 Å². The van der Waals surface area contributed by atoms with E-state index in [2.05, 4.69) is 10.3 Å². The Bertz CT molecular complexity index is 1100. The highest BCUT2D eigenvalue weighted by Gasteiger charge is 2.14. The number of sulfone groups is 1. The molecule has 27 heavy (non-hydrogen) atoms. The van der Waals surface area contributed by atoms with Gasteiger partial charge in [0.1, 0.15) is 5.75 Å². The first kappa shape index (κ1) is 19.1. The molecule has 0 aliphatic heterocycles. The first-order chi connectivity index (χ1) is 12.8. The molecule has 8 heteroatoms. The van der Waals surface area contributed by atoms with Crippen LogP contribution in [0.25, 0.3) is 11.3 Å². The van der Waals surface area contributed by atoms with E-state index in [1.807, 2.05) is 30.5 Å². The molecule has 6 nitrogen and oxygen atoms in total. The van der Waals surface area contributed by atoms with Gasteiger partial charge in [0.2, 0.25) is 0 Å². The molecular formula is C19H18N2O4S2. The summed E-state index contributed by atoms with van der Waals surface area (Å²) in [6, 6.07) is 11.7. The van der Waals surface area contributed by atoms with Crippen LogP contribution in [-0.4, -0.2) is 32.7 Å². The van der Waals surface area contributed by atoms with Crippen LogP contribution in [0.15, 0.2) is 52.7 Å². The van der Waals surface area contributed by atoms with Gasteiger partial charge in [0.15, 0.2) is 15.0 Å². The molecule has 0 spiro atoms. The molecule has 3 rings (SSSR count). The van der Waals surface area contributed by atoms with E-state index in [1.54, 1.807) is 19.2 Å². The zero-order chi connectivity index (χ0) is 19.6. The van der Waals surface area contributed by atoms with Gasteiger partial charge >= 0.3 is 0 Å². The number of aryl methyl sites for hydroxylation is 1. The zero-order valence-corrected chi connectivity index (χ0v) is 16.6. The van der Waals surface area contributed by atoms with Gasteiger partial charge in [-0.3, -0.25) is 10.1 Å². The van der Waals surface area contributed by atoms with Crippen molar-refractivity contribution in [2.45, 2.75) is 11.8 Å². The number of rotatable bonds is 5. The fourth-order valence-electron chi connectivity index (χ4n) is 2.54. The maximum Gasteiger partial charge on any atom is 0.257 e. The highest BCUT2D eigenvalue weighted by Crippen LogP contribution is 2.29. The molecule has 0 radical (unpaired) electrons. The number of nitrogens with zero attached hydrogens (tertiary/aromatic N) is 1. The number of methoxy groups -OCH3 is 1. The summed E-state index contributed by atoms with van der Waals surface area (Å²) in [6.07, 6.45) is 1.11. The molecule has 0 bridgehead atoms. The molecule has 1 N–H and O–H groups in total. The number of aromatic nitrogens is 1. The Morgan fingerprint density at radius 2 is 1.96 bits per heavy atom. The Hall–Kier alpha value is -2.71. The summed E-state index contributed by atoms with van der Waals surface area (Å²) in [5.41, 5.74) is 2.91. The van der Waals surface area contributed by atoms with Crippen LogP contribution in [0.5, 0.6) is 5.75 Å². The van der Waals surface area contributed by atoms with Crippen molar-refractivity contribution >= 4 is 32.2 Å². The third-order valence-corrected chi connectivity index (χ3v) is 5.81. The van der Waals surface area contributed by atoms with Crippen LogP contribution < -0.4 is 10.1 Å². The van der Waals surface area contributed by atoms with Crippen LogP contribution in [0.4, 0.5) is 5.13 Å². The normalized spacial score (nSPS) is 11.2.